The predicted molar refractivity (Wildman–Crippen MR) is 124 cm³/mol. The van der Waals surface area contributed by atoms with E-state index in [4.69, 9.17) is 4.74 Å². The second-order valence-corrected chi connectivity index (χ2v) is 9.89. The van der Waals surface area contributed by atoms with Gasteiger partial charge in [-0.3, -0.25) is 14.8 Å². The maximum absolute atomic E-state index is 13.9. The van der Waals surface area contributed by atoms with E-state index >= 15 is 0 Å². The van der Waals surface area contributed by atoms with Gasteiger partial charge < -0.3 is 9.64 Å². The van der Waals surface area contributed by atoms with E-state index in [0.29, 0.717) is 17.4 Å². The van der Waals surface area contributed by atoms with E-state index in [1.165, 1.54) is 37.8 Å². The van der Waals surface area contributed by atoms with Crippen molar-refractivity contribution in [1.82, 2.24) is 20.0 Å². The molecule has 4 atom stereocenters. The zero-order valence-electron chi connectivity index (χ0n) is 18.8. The lowest BCUT2D eigenvalue weighted by Gasteiger charge is -2.54. The number of methoxy groups -OCH3 is 1. The molecule has 0 unspecified atom stereocenters. The van der Waals surface area contributed by atoms with Crippen molar-refractivity contribution in [3.05, 3.63) is 47.7 Å². The zero-order valence-corrected chi connectivity index (χ0v) is 18.8. The molecule has 3 fully saturated rings. The number of rotatable bonds is 3. The zero-order chi connectivity index (χ0) is 21.7. The van der Waals surface area contributed by atoms with Gasteiger partial charge in [0.05, 0.1) is 30.6 Å². The van der Waals surface area contributed by atoms with Crippen molar-refractivity contribution in [2.45, 2.75) is 50.6 Å². The Kier molecular flexibility index (Phi) is 5.05. The first-order valence-corrected chi connectivity index (χ1v) is 12.2. The Hall–Kier alpha value is -2.60. The number of ether oxygens (including phenoxy) is 1. The summed E-state index contributed by atoms with van der Waals surface area (Å²) in [6, 6.07) is 8.78. The lowest BCUT2D eigenvalue weighted by Crippen LogP contribution is -2.60. The SMILES string of the molecule is COc1ccc(-c2[nH]ncc2C(=O)N2CCCC3=C[C@H]4C[C@H](CN5CCCC[C@@H]45)[C@H]32)cc1. The number of piperidine rings is 3. The number of nitrogens with one attached hydrogen (secondary N) is 1. The van der Waals surface area contributed by atoms with Gasteiger partial charge in [0, 0.05) is 24.7 Å². The van der Waals surface area contributed by atoms with Crippen LogP contribution < -0.4 is 4.74 Å². The molecule has 3 aliphatic heterocycles. The van der Waals surface area contributed by atoms with E-state index in [1.807, 2.05) is 24.3 Å². The summed E-state index contributed by atoms with van der Waals surface area (Å²) in [5.74, 6) is 2.14. The van der Waals surface area contributed by atoms with Crippen LogP contribution in [0, 0.1) is 11.8 Å². The van der Waals surface area contributed by atoms with E-state index in [1.54, 1.807) is 13.3 Å². The largest absolute Gasteiger partial charge is 0.497 e. The van der Waals surface area contributed by atoms with Crippen LogP contribution in [-0.4, -0.2) is 64.7 Å². The minimum absolute atomic E-state index is 0.111. The molecule has 1 aromatic carbocycles. The Morgan fingerprint density at radius 2 is 2.03 bits per heavy atom. The fraction of sp³-hybridized carbons (Fsp3) is 0.538. The first-order chi connectivity index (χ1) is 15.7. The van der Waals surface area contributed by atoms with Crippen molar-refractivity contribution in [2.75, 3.05) is 26.7 Å². The summed E-state index contributed by atoms with van der Waals surface area (Å²) >= 11 is 0. The molecule has 6 heteroatoms. The fourth-order valence-corrected chi connectivity index (χ4v) is 6.78. The summed E-state index contributed by atoms with van der Waals surface area (Å²) in [6.45, 7) is 3.20. The third-order valence-electron chi connectivity index (χ3n) is 8.17. The standard InChI is InChI=1S/C26H32N4O2/c1-32-21-9-7-17(8-10-21)24-22(15-27-28-24)26(31)30-12-4-5-18-13-19-14-20(25(18)30)16-29-11-3-2-6-23(19)29/h7-10,13,15,19-20,23,25H,2-6,11-12,14,16H2,1H3,(H,27,28)/t19-,20+,23-,25-/m0/s1. The molecule has 1 amide bonds. The van der Waals surface area contributed by atoms with E-state index in [0.717, 1.165) is 49.0 Å². The van der Waals surface area contributed by atoms with Crippen molar-refractivity contribution in [3.8, 4) is 17.0 Å². The molecule has 4 heterocycles. The van der Waals surface area contributed by atoms with Crippen LogP contribution in [0.5, 0.6) is 5.75 Å². The maximum atomic E-state index is 13.9. The highest BCUT2D eigenvalue weighted by Crippen LogP contribution is 2.45. The molecule has 4 aliphatic rings. The number of likely N-dealkylation sites (tertiary alicyclic amines) is 1. The first kappa shape index (κ1) is 20.0. The number of hydrogen-bond donors (Lipinski definition) is 1. The average Bonchev–Trinajstić information content (AvgIpc) is 3.33. The summed E-state index contributed by atoms with van der Waals surface area (Å²) in [7, 11) is 1.66. The van der Waals surface area contributed by atoms with Gasteiger partial charge in [0.1, 0.15) is 5.75 Å². The Bertz CT molecular complexity index is 1030. The number of benzene rings is 1. The van der Waals surface area contributed by atoms with Crippen LogP contribution in [0.25, 0.3) is 11.3 Å². The molecule has 0 saturated carbocycles. The third-order valence-corrected chi connectivity index (χ3v) is 8.17. The molecule has 1 aliphatic carbocycles. The van der Waals surface area contributed by atoms with Crippen LogP contribution in [0.2, 0.25) is 0 Å². The molecule has 6 nitrogen and oxygen atoms in total. The van der Waals surface area contributed by atoms with Crippen molar-refractivity contribution >= 4 is 5.91 Å². The van der Waals surface area contributed by atoms with Crippen molar-refractivity contribution in [3.63, 3.8) is 0 Å². The summed E-state index contributed by atoms with van der Waals surface area (Å²) in [6.07, 6.45) is 11.7. The van der Waals surface area contributed by atoms with E-state index in [-0.39, 0.29) is 11.9 Å². The number of nitrogens with zero attached hydrogens (tertiary/aromatic N) is 3. The fourth-order valence-electron chi connectivity index (χ4n) is 6.78. The molecule has 168 valence electrons. The number of amides is 1. The van der Waals surface area contributed by atoms with E-state index in [9.17, 15) is 4.79 Å². The van der Waals surface area contributed by atoms with Crippen LogP contribution in [-0.2, 0) is 0 Å². The number of H-pyrrole nitrogens is 1. The van der Waals surface area contributed by atoms with Crippen molar-refractivity contribution in [2.24, 2.45) is 11.8 Å². The quantitative estimate of drug-likeness (QED) is 0.741. The lowest BCUT2D eigenvalue weighted by atomic mass is 9.68. The minimum atomic E-state index is 0.111. The average molecular weight is 433 g/mol. The molecule has 2 bridgehead atoms. The smallest absolute Gasteiger partial charge is 0.258 e. The predicted octanol–water partition coefficient (Wildman–Crippen LogP) is 4.12. The normalized spacial score (nSPS) is 29.7. The van der Waals surface area contributed by atoms with Crippen LogP contribution in [0.1, 0.15) is 48.9 Å². The minimum Gasteiger partial charge on any atom is -0.497 e. The molecule has 3 saturated heterocycles. The first-order valence-electron chi connectivity index (χ1n) is 12.2. The molecular formula is C26H32N4O2. The molecule has 1 aromatic heterocycles. The van der Waals surface area contributed by atoms with Crippen molar-refractivity contribution in [1.29, 1.82) is 0 Å². The van der Waals surface area contributed by atoms with E-state index in [2.05, 4.69) is 26.1 Å². The van der Waals surface area contributed by atoms with Gasteiger partial charge in [0.2, 0.25) is 0 Å². The second kappa shape index (κ2) is 8.07. The summed E-state index contributed by atoms with van der Waals surface area (Å²) in [5.41, 5.74) is 3.94. The lowest BCUT2D eigenvalue weighted by molar-refractivity contribution is 0.00150. The highest BCUT2D eigenvalue weighted by molar-refractivity contribution is 6.00. The number of aromatic nitrogens is 2. The van der Waals surface area contributed by atoms with Gasteiger partial charge in [0.25, 0.3) is 5.91 Å². The number of fused-ring (bicyclic) bond motifs is 6. The number of carbonyl (C=O) groups excluding carboxylic acids is 1. The number of hydrogen-bond acceptors (Lipinski definition) is 4. The third kappa shape index (κ3) is 3.27. The summed E-state index contributed by atoms with van der Waals surface area (Å²) in [4.78, 5) is 18.8. The molecule has 0 spiro atoms. The summed E-state index contributed by atoms with van der Waals surface area (Å²) in [5, 5.41) is 7.32. The number of aromatic amines is 1. The van der Waals surface area contributed by atoms with Crippen LogP contribution in [0.3, 0.4) is 0 Å². The highest BCUT2D eigenvalue weighted by atomic mass is 16.5. The van der Waals surface area contributed by atoms with Gasteiger partial charge in [-0.15, -0.1) is 0 Å². The van der Waals surface area contributed by atoms with E-state index < -0.39 is 0 Å². The van der Waals surface area contributed by atoms with Gasteiger partial charge in [-0.25, -0.2) is 0 Å². The van der Waals surface area contributed by atoms with Gasteiger partial charge in [-0.1, -0.05) is 18.1 Å². The molecule has 32 heavy (non-hydrogen) atoms. The Morgan fingerprint density at radius 1 is 1.16 bits per heavy atom. The topological polar surface area (TPSA) is 61.5 Å². The van der Waals surface area contributed by atoms with Crippen LogP contribution in [0.15, 0.2) is 42.1 Å². The van der Waals surface area contributed by atoms with Crippen LogP contribution >= 0.6 is 0 Å². The van der Waals surface area contributed by atoms with Crippen LogP contribution in [0.4, 0.5) is 0 Å². The van der Waals surface area contributed by atoms with Crippen molar-refractivity contribution < 1.29 is 9.53 Å². The Balaban J connectivity index is 1.31. The molecule has 0 radical (unpaired) electrons. The molecular weight excluding hydrogens is 400 g/mol. The Labute approximate surface area is 189 Å². The molecule has 2 aromatic rings. The molecule has 6 rings (SSSR count). The monoisotopic (exact) mass is 432 g/mol. The van der Waals surface area contributed by atoms with Gasteiger partial charge in [0.15, 0.2) is 0 Å². The summed E-state index contributed by atoms with van der Waals surface area (Å²) < 4.78 is 5.28. The van der Waals surface area contributed by atoms with Gasteiger partial charge in [-0.05, 0) is 74.8 Å². The maximum Gasteiger partial charge on any atom is 0.258 e. The highest BCUT2D eigenvalue weighted by Gasteiger charge is 2.47. The van der Waals surface area contributed by atoms with Gasteiger partial charge >= 0.3 is 0 Å². The molecule has 1 N–H and O–H groups in total. The number of carbonyl (C=O) groups is 1. The van der Waals surface area contributed by atoms with Gasteiger partial charge in [-0.2, -0.15) is 5.10 Å². The second-order valence-electron chi connectivity index (χ2n) is 9.89. The Morgan fingerprint density at radius 3 is 2.88 bits per heavy atom.